The maximum absolute atomic E-state index is 14.5. The van der Waals surface area contributed by atoms with E-state index in [-0.39, 0.29) is 24.9 Å². The quantitative estimate of drug-likeness (QED) is 0.433. The molecule has 1 aromatic heterocycles. The summed E-state index contributed by atoms with van der Waals surface area (Å²) >= 11 is 7.19. The number of fused-ring (bicyclic) bond motifs is 1. The van der Waals surface area contributed by atoms with Crippen LogP contribution in [0.25, 0.3) is 6.08 Å². The second-order valence-corrected chi connectivity index (χ2v) is 9.99. The molecule has 8 nitrogen and oxygen atoms in total. The number of piperidine rings is 1. The summed E-state index contributed by atoms with van der Waals surface area (Å²) in [5.74, 6) is -2.20. The Morgan fingerprint density at radius 1 is 1.20 bits per heavy atom. The summed E-state index contributed by atoms with van der Waals surface area (Å²) in [4.78, 5) is 46.0. The zero-order valence-corrected chi connectivity index (χ0v) is 21.4. The van der Waals surface area contributed by atoms with Crippen molar-refractivity contribution in [1.29, 1.82) is 0 Å². The molecule has 0 unspecified atom stereocenters. The molecule has 1 aromatic carbocycles. The minimum absolute atomic E-state index is 0. The zero-order valence-electron chi connectivity index (χ0n) is 19.0. The van der Waals surface area contributed by atoms with Crippen molar-refractivity contribution < 1.29 is 18.8 Å². The molecule has 0 aliphatic carbocycles. The van der Waals surface area contributed by atoms with E-state index in [2.05, 4.69) is 20.5 Å². The number of benzene rings is 1. The molecular formula is C23H26Cl2FN5O3S. The molecule has 35 heavy (non-hydrogen) atoms. The van der Waals surface area contributed by atoms with E-state index in [0.717, 1.165) is 36.2 Å². The predicted octanol–water partition coefficient (Wildman–Crippen LogP) is 2.66. The van der Waals surface area contributed by atoms with Gasteiger partial charge >= 0.3 is 0 Å². The fraction of sp³-hybridized carbons (Fsp3) is 0.391. The number of halogens is 3. The van der Waals surface area contributed by atoms with Gasteiger partial charge in [0.2, 0.25) is 6.41 Å². The highest BCUT2D eigenvalue weighted by Gasteiger charge is 2.33. The minimum Gasteiger partial charge on any atom is -0.345 e. The molecule has 2 N–H and O–H groups in total. The van der Waals surface area contributed by atoms with Crippen LogP contribution in [0, 0.1) is 0 Å². The number of nitrogens with zero attached hydrogens (tertiary/aromatic N) is 3. The highest BCUT2D eigenvalue weighted by Crippen LogP contribution is 2.25. The third-order valence-electron chi connectivity index (χ3n) is 5.92. The highest BCUT2D eigenvalue weighted by molar-refractivity contribution is 7.13. The van der Waals surface area contributed by atoms with E-state index >= 15 is 0 Å². The first-order chi connectivity index (χ1) is 16.3. The van der Waals surface area contributed by atoms with Gasteiger partial charge in [0, 0.05) is 42.5 Å². The van der Waals surface area contributed by atoms with Crippen LogP contribution in [0.15, 0.2) is 30.1 Å². The molecule has 2 aliphatic rings. The molecule has 3 amide bonds. The molecule has 2 atom stereocenters. The molecular weight excluding hydrogens is 516 g/mol. The van der Waals surface area contributed by atoms with E-state index in [9.17, 15) is 18.8 Å². The first-order valence-electron chi connectivity index (χ1n) is 10.9. The molecule has 3 heterocycles. The second kappa shape index (κ2) is 11.9. The topological polar surface area (TPSA) is 94.6 Å². The number of hydrogen-bond donors (Lipinski definition) is 2. The zero-order chi connectivity index (χ0) is 24.2. The third-order valence-corrected chi connectivity index (χ3v) is 7.26. The number of carbonyl (C=O) groups is 3. The van der Waals surface area contributed by atoms with Crippen LogP contribution < -0.4 is 10.6 Å². The Kier molecular flexibility index (Phi) is 9.23. The first kappa shape index (κ1) is 27.1. The van der Waals surface area contributed by atoms with Gasteiger partial charge in [-0.25, -0.2) is 9.37 Å². The lowest BCUT2D eigenvalue weighted by atomic mass is 9.99. The average Bonchev–Trinajstić information content (AvgIpc) is 3.25. The van der Waals surface area contributed by atoms with Gasteiger partial charge < -0.3 is 20.4 Å². The number of thiazole rings is 1. The van der Waals surface area contributed by atoms with Crippen LogP contribution in [0.2, 0.25) is 5.02 Å². The van der Waals surface area contributed by atoms with Crippen molar-refractivity contribution in [3.63, 3.8) is 0 Å². The van der Waals surface area contributed by atoms with E-state index < -0.39 is 23.8 Å². The van der Waals surface area contributed by atoms with Gasteiger partial charge in [-0.05, 0) is 37.2 Å². The van der Waals surface area contributed by atoms with Crippen LogP contribution >= 0.6 is 35.3 Å². The average molecular weight is 542 g/mol. The van der Waals surface area contributed by atoms with Crippen LogP contribution in [0.3, 0.4) is 0 Å². The molecule has 0 spiro atoms. The molecule has 12 heteroatoms. The molecule has 1 fully saturated rings. The number of amides is 3. The molecule has 0 bridgehead atoms. The van der Waals surface area contributed by atoms with Crippen molar-refractivity contribution >= 4 is 59.6 Å². The summed E-state index contributed by atoms with van der Waals surface area (Å²) in [6.07, 6.45) is 2.99. The molecule has 1 saturated heterocycles. The van der Waals surface area contributed by atoms with Gasteiger partial charge in [0.25, 0.3) is 11.8 Å². The third kappa shape index (κ3) is 6.78. The summed E-state index contributed by atoms with van der Waals surface area (Å²) in [5, 5.41) is 6.42. The van der Waals surface area contributed by atoms with E-state index in [1.165, 1.54) is 16.2 Å². The van der Waals surface area contributed by atoms with Crippen molar-refractivity contribution in [3.05, 3.63) is 56.3 Å². The summed E-state index contributed by atoms with van der Waals surface area (Å²) in [6.45, 7) is 2.23. The summed E-state index contributed by atoms with van der Waals surface area (Å²) < 4.78 is 14.5. The number of likely N-dealkylation sites (N-methyl/N-ethyl adjacent to an activating group) is 1. The summed E-state index contributed by atoms with van der Waals surface area (Å²) in [5.41, 5.74) is 1.43. The van der Waals surface area contributed by atoms with E-state index in [0.29, 0.717) is 35.0 Å². The lowest BCUT2D eigenvalue weighted by molar-refractivity contribution is -0.121. The molecule has 2 aliphatic heterocycles. The van der Waals surface area contributed by atoms with Gasteiger partial charge in [-0.3, -0.25) is 14.4 Å². The lowest BCUT2D eigenvalue weighted by Gasteiger charge is -2.37. The fourth-order valence-electron chi connectivity index (χ4n) is 4.05. The van der Waals surface area contributed by atoms with Crippen LogP contribution in [-0.2, 0) is 22.6 Å². The van der Waals surface area contributed by atoms with Crippen LogP contribution in [0.1, 0.15) is 32.4 Å². The maximum Gasteiger partial charge on any atom is 0.280 e. The fourth-order valence-corrected chi connectivity index (χ4v) is 5.27. The Morgan fingerprint density at radius 2 is 1.94 bits per heavy atom. The number of aromatic nitrogens is 1. The Balaban J connectivity index is 0.00000342. The van der Waals surface area contributed by atoms with E-state index in [4.69, 9.17) is 11.6 Å². The lowest BCUT2D eigenvalue weighted by Crippen LogP contribution is -2.60. The number of nitrogens with one attached hydrogen (secondary N) is 2. The molecule has 4 rings (SSSR count). The van der Waals surface area contributed by atoms with Gasteiger partial charge in [-0.1, -0.05) is 23.7 Å². The number of rotatable bonds is 6. The Morgan fingerprint density at radius 3 is 2.66 bits per heavy atom. The number of carbonyl (C=O) groups excluding carboxylic acids is 3. The standard InChI is InChI=1S/C23H25ClFN5O3S.ClH/c1-29-8-6-18-20(12-29)34-23(28-18)22(33)27-19-11-30(13-31)9-7-17(19)26-21(32)16(25)10-14-2-4-15(24)5-3-14;/h2-5,10,13,17,19H,6-9,11-12H2,1H3,(H,26,32)(H,27,33);1H/b16-10-;/t17-,19+;/m0./s1. The summed E-state index contributed by atoms with van der Waals surface area (Å²) in [7, 11) is 2.02. The van der Waals surface area contributed by atoms with Crippen molar-refractivity contribution in [3.8, 4) is 0 Å². The van der Waals surface area contributed by atoms with Crippen LogP contribution in [0.5, 0.6) is 0 Å². The Bertz CT molecular complexity index is 1110. The number of likely N-dealkylation sites (tertiary alicyclic amines) is 1. The Labute approximate surface area is 217 Å². The monoisotopic (exact) mass is 541 g/mol. The van der Waals surface area contributed by atoms with Gasteiger partial charge in [-0.2, -0.15) is 0 Å². The van der Waals surface area contributed by atoms with Crippen molar-refractivity contribution in [2.45, 2.75) is 31.5 Å². The SMILES string of the molecule is CN1CCc2nc(C(=O)N[C@@H]3CN(C=O)CC[C@@H]3NC(=O)/C(F)=C/c3ccc(Cl)cc3)sc2C1.Cl. The van der Waals surface area contributed by atoms with E-state index in [1.54, 1.807) is 24.3 Å². The largest absolute Gasteiger partial charge is 0.345 e. The minimum atomic E-state index is -0.957. The maximum atomic E-state index is 14.5. The van der Waals surface area contributed by atoms with Crippen LogP contribution in [-0.4, -0.2) is 71.8 Å². The predicted molar refractivity (Wildman–Crippen MR) is 135 cm³/mol. The van der Waals surface area contributed by atoms with Gasteiger partial charge in [0.05, 0.1) is 17.8 Å². The van der Waals surface area contributed by atoms with Crippen LogP contribution in [0.4, 0.5) is 4.39 Å². The molecule has 188 valence electrons. The number of hydrogen-bond acceptors (Lipinski definition) is 6. The van der Waals surface area contributed by atoms with Gasteiger partial charge in [-0.15, -0.1) is 23.7 Å². The van der Waals surface area contributed by atoms with Gasteiger partial charge in [0.1, 0.15) is 0 Å². The normalized spacial score (nSPS) is 20.4. The summed E-state index contributed by atoms with van der Waals surface area (Å²) in [6, 6.07) is 5.29. The molecule has 0 saturated carbocycles. The van der Waals surface area contributed by atoms with Crippen molar-refractivity contribution in [2.75, 3.05) is 26.7 Å². The van der Waals surface area contributed by atoms with Crippen molar-refractivity contribution in [2.24, 2.45) is 0 Å². The van der Waals surface area contributed by atoms with E-state index in [1.807, 2.05) is 7.05 Å². The highest BCUT2D eigenvalue weighted by atomic mass is 35.5. The van der Waals surface area contributed by atoms with Crippen molar-refractivity contribution in [1.82, 2.24) is 25.4 Å². The molecule has 0 radical (unpaired) electrons. The molecule has 2 aromatic rings. The first-order valence-corrected chi connectivity index (χ1v) is 12.1. The van der Waals surface area contributed by atoms with Gasteiger partial charge in [0.15, 0.2) is 10.8 Å². The second-order valence-electron chi connectivity index (χ2n) is 8.47. The Hall–Kier alpha value is -2.53. The smallest absolute Gasteiger partial charge is 0.280 e.